The molecule has 0 unspecified atom stereocenters. The molecule has 0 aromatic heterocycles. The van der Waals surface area contributed by atoms with Crippen molar-refractivity contribution in [3.05, 3.63) is 35.2 Å². The van der Waals surface area contributed by atoms with Gasteiger partial charge in [0.1, 0.15) is 0 Å². The van der Waals surface area contributed by atoms with Crippen LogP contribution in [0.2, 0.25) is 0 Å². The first-order valence-electron chi connectivity index (χ1n) is 7.78. The molecule has 8 heteroatoms. The van der Waals surface area contributed by atoms with E-state index in [-0.39, 0.29) is 0 Å². The van der Waals surface area contributed by atoms with Gasteiger partial charge in [0.25, 0.3) is 5.97 Å². The van der Waals surface area contributed by atoms with Gasteiger partial charge in [-0.05, 0) is 34.1 Å². The number of carbonyl (C=O) groups excluding carboxylic acids is 1. The lowest BCUT2D eigenvalue weighted by molar-refractivity contribution is -0.258. The number of hydrogen-bond donors (Lipinski definition) is 0. The molecule has 0 aliphatic carbocycles. The Morgan fingerprint density at radius 3 is 2.09 bits per heavy atom. The summed E-state index contributed by atoms with van der Waals surface area (Å²) in [5, 5.41) is 2.50. The van der Waals surface area contributed by atoms with Crippen LogP contribution in [-0.2, 0) is 22.8 Å². The maximum Gasteiger partial charge on any atom is 0.330 e. The van der Waals surface area contributed by atoms with E-state index in [4.69, 9.17) is 18.0 Å². The molecule has 0 rings (SSSR count). The fourth-order valence-corrected chi connectivity index (χ4v) is 4.54. The lowest BCUT2D eigenvalue weighted by Gasteiger charge is -2.34. The van der Waals surface area contributed by atoms with Crippen LogP contribution < -0.4 is 0 Å². The third kappa shape index (κ3) is 9.84. The number of allylic oxidation sites excluding steroid dienone is 4. The largest absolute Gasteiger partial charge is 0.463 e. The molecule has 0 saturated heterocycles. The minimum absolute atomic E-state index is 0.304. The van der Waals surface area contributed by atoms with Crippen LogP contribution in [0.5, 0.6) is 0 Å². The van der Waals surface area contributed by atoms with Crippen molar-refractivity contribution in [2.75, 3.05) is 6.61 Å². The smallest absolute Gasteiger partial charge is 0.330 e. The Hall–Kier alpha value is -0.779. The summed E-state index contributed by atoms with van der Waals surface area (Å²) < 4.78 is 22.9. The van der Waals surface area contributed by atoms with Crippen LogP contribution in [0.1, 0.15) is 40.5 Å². The SMILES string of the molecule is C=CC(=O)OCCCC(O[SiH3])(O[SiH2]C(C)=CC)O[SiH2]C(C)=CC. The second-order valence-corrected chi connectivity index (χ2v) is 9.00. The summed E-state index contributed by atoms with van der Waals surface area (Å²) in [6.45, 7) is 11.8. The van der Waals surface area contributed by atoms with Gasteiger partial charge in [0.15, 0.2) is 30.0 Å². The molecule has 0 aliphatic heterocycles. The van der Waals surface area contributed by atoms with Gasteiger partial charge in [-0.25, -0.2) is 4.79 Å². The first-order chi connectivity index (χ1) is 10.9. The molecule has 0 N–H and O–H groups in total. The highest BCUT2D eigenvalue weighted by atomic mass is 28.2. The van der Waals surface area contributed by atoms with Gasteiger partial charge in [0.2, 0.25) is 0 Å². The highest BCUT2D eigenvalue weighted by Gasteiger charge is 2.30. The van der Waals surface area contributed by atoms with Crippen molar-refractivity contribution >= 4 is 36.0 Å². The van der Waals surface area contributed by atoms with Crippen molar-refractivity contribution in [3.8, 4) is 0 Å². The zero-order chi connectivity index (χ0) is 17.7. The Kier molecular flexibility index (Phi) is 12.2. The zero-order valence-electron chi connectivity index (χ0n) is 15.0. The lowest BCUT2D eigenvalue weighted by Crippen LogP contribution is -2.41. The maximum atomic E-state index is 11.1. The summed E-state index contributed by atoms with van der Waals surface area (Å²) in [6, 6.07) is 0. The predicted molar refractivity (Wildman–Crippen MR) is 102 cm³/mol. The van der Waals surface area contributed by atoms with Gasteiger partial charge in [-0.15, -0.1) is 0 Å². The molecule has 132 valence electrons. The number of esters is 1. The maximum absolute atomic E-state index is 11.1. The van der Waals surface area contributed by atoms with Gasteiger partial charge in [0.05, 0.1) is 6.61 Å². The molecule has 0 bridgehead atoms. The number of rotatable bonds is 12. The number of ether oxygens (including phenoxy) is 1. The summed E-state index contributed by atoms with van der Waals surface area (Å²) in [5.41, 5.74) is 0. The molecular formula is C15H30O5Si3. The van der Waals surface area contributed by atoms with E-state index in [0.717, 1.165) is 6.08 Å². The first kappa shape index (κ1) is 22.2. The van der Waals surface area contributed by atoms with Crippen molar-refractivity contribution in [1.82, 2.24) is 0 Å². The van der Waals surface area contributed by atoms with Gasteiger partial charge in [-0.1, -0.05) is 29.1 Å². The van der Waals surface area contributed by atoms with Crippen LogP contribution in [0.15, 0.2) is 35.2 Å². The molecule has 0 aromatic carbocycles. The average Bonchev–Trinajstić information content (AvgIpc) is 2.59. The van der Waals surface area contributed by atoms with E-state index < -0.39 is 31.5 Å². The third-order valence-corrected chi connectivity index (χ3v) is 6.89. The molecule has 0 aliphatic rings. The second kappa shape index (κ2) is 12.6. The predicted octanol–water partition coefficient (Wildman–Crippen LogP) is 0.495. The Labute approximate surface area is 147 Å². The monoisotopic (exact) mass is 374 g/mol. The molecule has 5 nitrogen and oxygen atoms in total. The molecule has 0 radical (unpaired) electrons. The first-order valence-corrected chi connectivity index (χ1v) is 11.2. The quantitative estimate of drug-likeness (QED) is 0.164. The molecular weight excluding hydrogens is 344 g/mol. The Morgan fingerprint density at radius 1 is 1.17 bits per heavy atom. The van der Waals surface area contributed by atoms with E-state index in [9.17, 15) is 4.79 Å². The van der Waals surface area contributed by atoms with Crippen molar-refractivity contribution in [2.45, 2.75) is 46.5 Å². The molecule has 0 amide bonds. The van der Waals surface area contributed by atoms with Crippen LogP contribution in [0.3, 0.4) is 0 Å². The summed E-state index contributed by atoms with van der Waals surface area (Å²) in [5.74, 6) is -1.39. The highest BCUT2D eigenvalue weighted by Crippen LogP contribution is 2.22. The van der Waals surface area contributed by atoms with E-state index in [1.54, 1.807) is 0 Å². The fourth-order valence-electron chi connectivity index (χ4n) is 1.54. The summed E-state index contributed by atoms with van der Waals surface area (Å²) in [7, 11) is -1.23. The summed E-state index contributed by atoms with van der Waals surface area (Å²) in [6.07, 6.45) is 6.45. The molecule has 0 saturated carbocycles. The summed E-state index contributed by atoms with van der Waals surface area (Å²) in [4.78, 5) is 11.1. The Balaban J connectivity index is 4.72. The van der Waals surface area contributed by atoms with Crippen molar-refractivity contribution < 1.29 is 22.8 Å². The van der Waals surface area contributed by atoms with Crippen molar-refractivity contribution in [2.24, 2.45) is 0 Å². The van der Waals surface area contributed by atoms with Crippen LogP contribution in [0.25, 0.3) is 0 Å². The van der Waals surface area contributed by atoms with Crippen LogP contribution in [-0.4, -0.2) is 48.6 Å². The third-order valence-electron chi connectivity index (χ3n) is 3.37. The van der Waals surface area contributed by atoms with Gasteiger partial charge in [-0.2, -0.15) is 0 Å². The minimum atomic E-state index is -0.972. The van der Waals surface area contributed by atoms with Gasteiger partial charge in [0, 0.05) is 12.5 Å². The second-order valence-electron chi connectivity index (χ2n) is 5.21. The Bertz CT molecular complexity index is 413. The van der Waals surface area contributed by atoms with Crippen LogP contribution in [0.4, 0.5) is 0 Å². The van der Waals surface area contributed by atoms with Crippen LogP contribution >= 0.6 is 0 Å². The van der Waals surface area contributed by atoms with Crippen molar-refractivity contribution in [1.29, 1.82) is 0 Å². The lowest BCUT2D eigenvalue weighted by atomic mass is 10.3. The highest BCUT2D eigenvalue weighted by molar-refractivity contribution is 6.39. The van der Waals surface area contributed by atoms with E-state index >= 15 is 0 Å². The van der Waals surface area contributed by atoms with Gasteiger partial charge in [-0.3, -0.25) is 0 Å². The molecule has 0 aromatic rings. The zero-order valence-corrected chi connectivity index (χ0v) is 19.8. The minimum Gasteiger partial charge on any atom is -0.463 e. The van der Waals surface area contributed by atoms with Gasteiger partial charge < -0.3 is 18.0 Å². The van der Waals surface area contributed by atoms with Crippen LogP contribution in [0, 0.1) is 0 Å². The van der Waals surface area contributed by atoms with Crippen molar-refractivity contribution in [3.63, 3.8) is 0 Å². The molecule has 0 atom stereocenters. The van der Waals surface area contributed by atoms with E-state index in [0.29, 0.717) is 29.9 Å². The Morgan fingerprint density at radius 2 is 1.70 bits per heavy atom. The molecule has 0 fully saturated rings. The molecule has 0 spiro atoms. The number of hydrogen-bond acceptors (Lipinski definition) is 5. The topological polar surface area (TPSA) is 54.0 Å². The standard InChI is InChI=1S/C15H30O5Si3/c1-6-12(4)22-19-15(18-21,20-23-13(5)7-2)10-9-11-17-14(16)8-3/h6-8H,3,9-11,22-23H2,1-2,4-5,21H3. The van der Waals surface area contributed by atoms with E-state index in [1.165, 1.54) is 10.4 Å². The van der Waals surface area contributed by atoms with E-state index in [2.05, 4.69) is 32.6 Å². The number of carbonyl (C=O) groups is 1. The molecule has 23 heavy (non-hydrogen) atoms. The normalized spacial score (nSPS) is 16.3. The molecule has 0 heterocycles. The summed E-state index contributed by atoms with van der Waals surface area (Å²) >= 11 is 0. The average molecular weight is 375 g/mol. The van der Waals surface area contributed by atoms with Gasteiger partial charge >= 0.3 is 5.97 Å². The fraction of sp³-hybridized carbons (Fsp3) is 0.533. The van der Waals surface area contributed by atoms with E-state index in [1.807, 2.05) is 13.8 Å².